The highest BCUT2D eigenvalue weighted by Crippen LogP contribution is 2.49. The summed E-state index contributed by atoms with van der Waals surface area (Å²) in [5.41, 5.74) is 1.31. The molecule has 0 aromatic heterocycles. The van der Waals surface area contributed by atoms with Crippen LogP contribution in [0.1, 0.15) is 36.4 Å². The third-order valence-corrected chi connectivity index (χ3v) is 6.94. The van der Waals surface area contributed by atoms with E-state index in [1.165, 1.54) is 0 Å². The van der Waals surface area contributed by atoms with Crippen LogP contribution in [0.25, 0.3) is 0 Å². The summed E-state index contributed by atoms with van der Waals surface area (Å²) in [6.07, 6.45) is 2.11. The molecular weight excluding hydrogens is 322 g/mol. The minimum Gasteiger partial charge on any atom is -0.348 e. The molecule has 1 amide bonds. The summed E-state index contributed by atoms with van der Waals surface area (Å²) in [6.45, 7) is 0. The quantitative estimate of drug-likeness (QED) is 0.934. The van der Waals surface area contributed by atoms with Gasteiger partial charge in [-0.15, -0.1) is 0 Å². The van der Waals surface area contributed by atoms with Gasteiger partial charge in [0.2, 0.25) is 5.91 Å². The molecule has 1 unspecified atom stereocenters. The molecule has 1 N–H and O–H groups in total. The fourth-order valence-electron chi connectivity index (χ4n) is 3.57. The van der Waals surface area contributed by atoms with Crippen molar-refractivity contribution in [3.05, 3.63) is 65.7 Å². The molecule has 1 fully saturated rings. The first-order chi connectivity index (χ1) is 11.5. The molecule has 124 valence electrons. The van der Waals surface area contributed by atoms with Crippen LogP contribution in [0.4, 0.5) is 0 Å². The number of fused-ring (bicyclic) bond motifs is 1. The number of nitrogens with one attached hydrogen (secondary N) is 1. The summed E-state index contributed by atoms with van der Waals surface area (Å²) in [5, 5.41) is 3.11. The lowest BCUT2D eigenvalue weighted by molar-refractivity contribution is -0.124. The van der Waals surface area contributed by atoms with Gasteiger partial charge in [0.25, 0.3) is 0 Å². The molecule has 5 heteroatoms. The maximum Gasteiger partial charge on any atom is 0.231 e. The first kappa shape index (κ1) is 15.4. The Hall–Kier alpha value is -2.14. The summed E-state index contributed by atoms with van der Waals surface area (Å²) in [7, 11) is -3.23. The summed E-state index contributed by atoms with van der Waals surface area (Å²) in [6, 6.07) is 16.6. The number of sulfone groups is 1. The van der Waals surface area contributed by atoms with E-state index in [4.69, 9.17) is 0 Å². The van der Waals surface area contributed by atoms with Gasteiger partial charge in [0, 0.05) is 0 Å². The maximum absolute atomic E-state index is 12.9. The molecule has 0 saturated heterocycles. The number of amides is 1. The van der Waals surface area contributed by atoms with Gasteiger partial charge in [0.1, 0.15) is 0 Å². The van der Waals surface area contributed by atoms with E-state index in [1.807, 2.05) is 36.4 Å². The maximum atomic E-state index is 12.9. The van der Waals surface area contributed by atoms with E-state index in [0.717, 1.165) is 18.4 Å². The average Bonchev–Trinajstić information content (AvgIpc) is 3.40. The van der Waals surface area contributed by atoms with Crippen LogP contribution < -0.4 is 5.32 Å². The van der Waals surface area contributed by atoms with Crippen LogP contribution in [0.5, 0.6) is 0 Å². The lowest BCUT2D eigenvalue weighted by Gasteiger charge is -2.28. The molecule has 1 aliphatic heterocycles. The third kappa shape index (κ3) is 2.44. The Morgan fingerprint density at radius 1 is 1.00 bits per heavy atom. The van der Waals surface area contributed by atoms with Crippen LogP contribution in [-0.2, 0) is 20.0 Å². The highest BCUT2D eigenvalue weighted by Gasteiger charge is 2.51. The van der Waals surface area contributed by atoms with E-state index in [2.05, 4.69) is 5.32 Å². The highest BCUT2D eigenvalue weighted by atomic mass is 32.2. The SMILES string of the molecule is O=C(NC1CCS(=O)(=O)c2ccccc21)C1(c2ccccc2)CC1. The minimum absolute atomic E-state index is 0.00722. The summed E-state index contributed by atoms with van der Waals surface area (Å²) < 4.78 is 24.4. The average molecular weight is 341 g/mol. The third-order valence-electron chi connectivity index (χ3n) is 5.12. The molecule has 1 aliphatic carbocycles. The van der Waals surface area contributed by atoms with Crippen LogP contribution in [0, 0.1) is 0 Å². The Kier molecular flexibility index (Phi) is 3.49. The zero-order chi connectivity index (χ0) is 16.8. The number of carbonyl (C=O) groups excluding carboxylic acids is 1. The van der Waals surface area contributed by atoms with Crippen LogP contribution in [0.2, 0.25) is 0 Å². The van der Waals surface area contributed by atoms with Gasteiger partial charge in [0.05, 0.1) is 22.1 Å². The van der Waals surface area contributed by atoms with Gasteiger partial charge in [0.15, 0.2) is 9.84 Å². The molecule has 4 nitrogen and oxygen atoms in total. The van der Waals surface area contributed by atoms with Gasteiger partial charge in [-0.1, -0.05) is 48.5 Å². The van der Waals surface area contributed by atoms with Crippen LogP contribution in [0.15, 0.2) is 59.5 Å². The van der Waals surface area contributed by atoms with E-state index < -0.39 is 15.3 Å². The standard InChI is InChI=1S/C19H19NO3S/c21-18(19(11-12-19)14-6-2-1-3-7-14)20-16-10-13-24(22,23)17-9-5-4-8-15(16)17/h1-9,16H,10-13H2,(H,20,21). The molecular formula is C19H19NO3S. The van der Waals surface area contributed by atoms with Gasteiger partial charge in [-0.25, -0.2) is 8.42 Å². The molecule has 0 radical (unpaired) electrons. The number of benzene rings is 2. The smallest absolute Gasteiger partial charge is 0.231 e. The van der Waals surface area contributed by atoms with Crippen molar-refractivity contribution < 1.29 is 13.2 Å². The Balaban J connectivity index is 1.62. The van der Waals surface area contributed by atoms with Crippen molar-refractivity contribution in [3.63, 3.8) is 0 Å². The van der Waals surface area contributed by atoms with Crippen molar-refractivity contribution in [2.45, 2.75) is 35.6 Å². The summed E-state index contributed by atoms with van der Waals surface area (Å²) in [4.78, 5) is 13.3. The molecule has 2 aromatic carbocycles. The highest BCUT2D eigenvalue weighted by molar-refractivity contribution is 7.91. The normalized spacial score (nSPS) is 23.1. The van der Waals surface area contributed by atoms with Crippen molar-refractivity contribution in [2.24, 2.45) is 0 Å². The van der Waals surface area contributed by atoms with E-state index in [9.17, 15) is 13.2 Å². The topological polar surface area (TPSA) is 63.2 Å². The van der Waals surface area contributed by atoms with Crippen LogP contribution in [0.3, 0.4) is 0 Å². The van der Waals surface area contributed by atoms with Crippen LogP contribution in [-0.4, -0.2) is 20.1 Å². The predicted molar refractivity (Wildman–Crippen MR) is 91.3 cm³/mol. The second-order valence-corrected chi connectivity index (χ2v) is 8.70. The van der Waals surface area contributed by atoms with Gasteiger partial charge >= 0.3 is 0 Å². The van der Waals surface area contributed by atoms with E-state index in [-0.39, 0.29) is 17.7 Å². The Bertz CT molecular complexity index is 886. The number of hydrogen-bond donors (Lipinski definition) is 1. The van der Waals surface area contributed by atoms with E-state index >= 15 is 0 Å². The van der Waals surface area contributed by atoms with Crippen molar-refractivity contribution in [2.75, 3.05) is 5.75 Å². The molecule has 1 heterocycles. The number of hydrogen-bond acceptors (Lipinski definition) is 3. The van der Waals surface area contributed by atoms with E-state index in [1.54, 1.807) is 18.2 Å². The Morgan fingerprint density at radius 2 is 1.67 bits per heavy atom. The summed E-state index contributed by atoms with van der Waals surface area (Å²) >= 11 is 0. The molecule has 4 rings (SSSR count). The van der Waals surface area contributed by atoms with Crippen molar-refractivity contribution >= 4 is 15.7 Å². The van der Waals surface area contributed by atoms with Gasteiger partial charge in [-0.2, -0.15) is 0 Å². The number of rotatable bonds is 3. The minimum atomic E-state index is -3.23. The second kappa shape index (κ2) is 5.45. The molecule has 2 aromatic rings. The lowest BCUT2D eigenvalue weighted by Crippen LogP contribution is -2.39. The van der Waals surface area contributed by atoms with Crippen molar-refractivity contribution in [1.82, 2.24) is 5.32 Å². The van der Waals surface area contributed by atoms with Gasteiger partial charge in [-0.05, 0) is 36.5 Å². The van der Waals surface area contributed by atoms with Crippen LogP contribution >= 0.6 is 0 Å². The fraction of sp³-hybridized carbons (Fsp3) is 0.316. The summed E-state index contributed by atoms with van der Waals surface area (Å²) in [5.74, 6) is 0.0839. The second-order valence-electron chi connectivity index (χ2n) is 6.62. The van der Waals surface area contributed by atoms with Gasteiger partial charge in [-0.3, -0.25) is 4.79 Å². The fourth-order valence-corrected chi connectivity index (χ4v) is 5.19. The zero-order valence-corrected chi connectivity index (χ0v) is 14.1. The molecule has 0 bridgehead atoms. The first-order valence-corrected chi connectivity index (χ1v) is 9.86. The Labute approximate surface area is 141 Å². The van der Waals surface area contributed by atoms with Crippen molar-refractivity contribution in [1.29, 1.82) is 0 Å². The number of carbonyl (C=O) groups is 1. The molecule has 2 aliphatic rings. The molecule has 0 spiro atoms. The molecule has 1 saturated carbocycles. The zero-order valence-electron chi connectivity index (χ0n) is 13.2. The van der Waals surface area contributed by atoms with E-state index in [0.29, 0.717) is 16.9 Å². The molecule has 1 atom stereocenters. The Morgan fingerprint density at radius 3 is 2.38 bits per heavy atom. The van der Waals surface area contributed by atoms with Gasteiger partial charge < -0.3 is 5.32 Å². The lowest BCUT2D eigenvalue weighted by atomic mass is 9.93. The largest absolute Gasteiger partial charge is 0.348 e. The molecule has 24 heavy (non-hydrogen) atoms. The van der Waals surface area contributed by atoms with Crippen molar-refractivity contribution in [3.8, 4) is 0 Å². The monoisotopic (exact) mass is 341 g/mol. The first-order valence-electron chi connectivity index (χ1n) is 8.21. The predicted octanol–water partition coefficient (Wildman–Crippen LogP) is 2.75.